The number of allylic oxidation sites excluding steroid dienone is 4. The van der Waals surface area contributed by atoms with Gasteiger partial charge in [0.15, 0.2) is 11.5 Å². The molecule has 0 bridgehead atoms. The molecule has 0 radical (unpaired) electrons. The fraction of sp³-hybridized carbons (Fsp3) is 0.481. The van der Waals surface area contributed by atoms with Crippen molar-refractivity contribution in [3.63, 3.8) is 0 Å². The van der Waals surface area contributed by atoms with E-state index in [1.54, 1.807) is 12.1 Å². The predicted octanol–water partition coefficient (Wildman–Crippen LogP) is 3.65. The standard InChI is InChI=1S/C20H25NO4.C7H10O/c1-4-8-21-15-9-12-6-7-14(25-3)18(23)17(12)19(10-13(22)5-2)11-16(21)20(15,19)24;1-7(2)5-3-4-6-8/h4,6-7,15-16,23-24H,1,5,8-11H2,2-3H3;3-6H,1-2H3/b;4-3+. The largest absolute Gasteiger partial charge is 0.504 e. The number of aromatic hydroxyl groups is 1. The molecule has 6 nitrogen and oxygen atoms in total. The molecular formula is C27H35NO5. The minimum absolute atomic E-state index is 0.0268. The van der Waals surface area contributed by atoms with Gasteiger partial charge in [-0.15, -0.1) is 6.58 Å². The van der Waals surface area contributed by atoms with E-state index in [1.807, 2.05) is 39.0 Å². The van der Waals surface area contributed by atoms with Gasteiger partial charge in [0, 0.05) is 42.4 Å². The zero-order valence-electron chi connectivity index (χ0n) is 20.0. The Hall–Kier alpha value is -2.70. The van der Waals surface area contributed by atoms with Gasteiger partial charge in [-0.25, -0.2) is 0 Å². The lowest BCUT2D eigenvalue weighted by Crippen LogP contribution is -2.92. The molecule has 0 amide bonds. The maximum absolute atomic E-state index is 12.4. The zero-order valence-corrected chi connectivity index (χ0v) is 20.0. The Balaban J connectivity index is 0.000000331. The SMILES string of the molecule is C=CCN1C2Cc3ccc(OC)c(O)c3C3(CC(=O)CC)CC1C23O.CC(C)=C/C=C/C=O. The molecule has 1 aliphatic heterocycles. The number of hydrogen-bond acceptors (Lipinski definition) is 6. The Labute approximate surface area is 196 Å². The molecule has 4 rings (SSSR count). The van der Waals surface area contributed by atoms with Crippen molar-refractivity contribution in [3.05, 3.63) is 59.7 Å². The first-order valence-electron chi connectivity index (χ1n) is 11.5. The summed E-state index contributed by atoms with van der Waals surface area (Å²) in [5, 5.41) is 22.4. The van der Waals surface area contributed by atoms with Gasteiger partial charge in [-0.05, 0) is 44.4 Å². The van der Waals surface area contributed by atoms with Crippen molar-refractivity contribution in [2.75, 3.05) is 13.7 Å². The van der Waals surface area contributed by atoms with Gasteiger partial charge in [-0.3, -0.25) is 14.5 Å². The molecule has 2 aliphatic carbocycles. The second-order valence-corrected chi connectivity index (χ2v) is 9.32. The van der Waals surface area contributed by atoms with Crippen LogP contribution in [0.15, 0.2) is 48.6 Å². The summed E-state index contributed by atoms with van der Waals surface area (Å²) in [4.78, 5) is 24.3. The summed E-state index contributed by atoms with van der Waals surface area (Å²) in [6, 6.07) is 3.72. The number of aliphatic hydroxyl groups is 1. The van der Waals surface area contributed by atoms with Gasteiger partial charge in [0.2, 0.25) is 0 Å². The molecule has 0 spiro atoms. The quantitative estimate of drug-likeness (QED) is 0.270. The maximum atomic E-state index is 12.4. The molecule has 2 N–H and O–H groups in total. The number of fused-ring (bicyclic) bond motifs is 2. The van der Waals surface area contributed by atoms with Crippen LogP contribution >= 0.6 is 0 Å². The van der Waals surface area contributed by atoms with Crippen molar-refractivity contribution in [2.24, 2.45) is 0 Å². The van der Waals surface area contributed by atoms with Gasteiger partial charge < -0.3 is 14.9 Å². The molecule has 3 aliphatic rings. The van der Waals surface area contributed by atoms with Crippen molar-refractivity contribution in [3.8, 4) is 11.5 Å². The molecule has 178 valence electrons. The predicted molar refractivity (Wildman–Crippen MR) is 129 cm³/mol. The van der Waals surface area contributed by atoms with Crippen molar-refractivity contribution in [1.82, 2.24) is 4.90 Å². The summed E-state index contributed by atoms with van der Waals surface area (Å²) in [6.07, 6.45) is 9.73. The first-order valence-corrected chi connectivity index (χ1v) is 11.5. The van der Waals surface area contributed by atoms with Gasteiger partial charge in [-0.2, -0.15) is 0 Å². The van der Waals surface area contributed by atoms with Crippen LogP contribution in [0.4, 0.5) is 0 Å². The number of Topliss-reactive ketones (excluding diaryl/α,β-unsaturated/α-hetero) is 1. The highest BCUT2D eigenvalue weighted by molar-refractivity contribution is 5.82. The molecule has 4 atom stereocenters. The number of nitrogens with zero attached hydrogens (tertiary/aromatic N) is 1. The summed E-state index contributed by atoms with van der Waals surface area (Å²) in [7, 11) is 1.52. The van der Waals surface area contributed by atoms with Crippen LogP contribution < -0.4 is 4.74 Å². The fourth-order valence-corrected chi connectivity index (χ4v) is 5.86. The molecule has 1 saturated heterocycles. The molecule has 1 aromatic rings. The molecule has 4 unspecified atom stereocenters. The highest BCUT2D eigenvalue weighted by atomic mass is 16.5. The van der Waals surface area contributed by atoms with Gasteiger partial charge in [0.25, 0.3) is 0 Å². The number of carbonyl (C=O) groups is 2. The van der Waals surface area contributed by atoms with Crippen LogP contribution in [0.5, 0.6) is 11.5 Å². The number of ether oxygens (including phenoxy) is 1. The number of hydrogen-bond donors (Lipinski definition) is 2. The van der Waals surface area contributed by atoms with E-state index in [0.717, 1.165) is 24.0 Å². The number of benzene rings is 1. The number of carbonyl (C=O) groups excluding carboxylic acids is 2. The van der Waals surface area contributed by atoms with E-state index in [2.05, 4.69) is 11.5 Å². The summed E-state index contributed by atoms with van der Waals surface area (Å²) in [5.74, 6) is 0.592. The van der Waals surface area contributed by atoms with Crippen molar-refractivity contribution >= 4 is 12.1 Å². The topological polar surface area (TPSA) is 87.1 Å². The first kappa shape index (κ1) is 24.9. The fourth-order valence-electron chi connectivity index (χ4n) is 5.86. The number of ketones is 1. The number of aldehydes is 1. The number of piperidine rings is 1. The average Bonchev–Trinajstić information content (AvgIpc) is 2.78. The smallest absolute Gasteiger partial charge is 0.161 e. The lowest BCUT2D eigenvalue weighted by Gasteiger charge is -2.78. The van der Waals surface area contributed by atoms with E-state index < -0.39 is 11.0 Å². The van der Waals surface area contributed by atoms with E-state index in [-0.39, 0.29) is 30.0 Å². The van der Waals surface area contributed by atoms with Crippen molar-refractivity contribution in [2.45, 2.75) is 69.6 Å². The number of likely N-dealkylation sites (tertiary alicyclic amines) is 1. The van der Waals surface area contributed by atoms with Crippen LogP contribution in [0, 0.1) is 0 Å². The Morgan fingerprint density at radius 3 is 2.61 bits per heavy atom. The van der Waals surface area contributed by atoms with Crippen molar-refractivity contribution in [1.29, 1.82) is 0 Å². The van der Waals surface area contributed by atoms with E-state index in [0.29, 0.717) is 25.0 Å². The number of phenolic OH excluding ortho intramolecular Hbond substituents is 1. The van der Waals surface area contributed by atoms with E-state index >= 15 is 0 Å². The van der Waals surface area contributed by atoms with E-state index in [4.69, 9.17) is 4.74 Å². The van der Waals surface area contributed by atoms with Crippen LogP contribution in [-0.2, 0) is 21.4 Å². The van der Waals surface area contributed by atoms with Gasteiger partial charge in [0.1, 0.15) is 17.7 Å². The van der Waals surface area contributed by atoms with Gasteiger partial charge in [0.05, 0.1) is 7.11 Å². The third kappa shape index (κ3) is 3.85. The Kier molecular flexibility index (Phi) is 7.29. The lowest BCUT2D eigenvalue weighted by atomic mass is 9.38. The summed E-state index contributed by atoms with van der Waals surface area (Å²) >= 11 is 0. The van der Waals surface area contributed by atoms with E-state index in [9.17, 15) is 19.8 Å². The third-order valence-corrected chi connectivity index (χ3v) is 7.32. The van der Waals surface area contributed by atoms with Gasteiger partial charge >= 0.3 is 0 Å². The molecule has 6 heteroatoms. The van der Waals surface area contributed by atoms with Crippen LogP contribution in [0.1, 0.15) is 51.2 Å². The number of phenols is 1. The highest BCUT2D eigenvalue weighted by Crippen LogP contribution is 2.69. The zero-order chi connectivity index (χ0) is 24.4. The molecule has 0 aromatic heterocycles. The second-order valence-electron chi connectivity index (χ2n) is 9.32. The van der Waals surface area contributed by atoms with Crippen LogP contribution in [-0.4, -0.2) is 58.5 Å². The first-order chi connectivity index (χ1) is 15.7. The highest BCUT2D eigenvalue weighted by Gasteiger charge is 2.80. The van der Waals surface area contributed by atoms with Crippen LogP contribution in [0.2, 0.25) is 0 Å². The molecule has 2 fully saturated rings. The number of rotatable bonds is 8. The minimum atomic E-state index is -0.961. The Bertz CT molecular complexity index is 992. The summed E-state index contributed by atoms with van der Waals surface area (Å²) in [6.45, 7) is 10.4. The normalized spacial score (nSPS) is 28.8. The van der Waals surface area contributed by atoms with Crippen LogP contribution in [0.25, 0.3) is 0 Å². The Morgan fingerprint density at radius 2 is 2.03 bits per heavy atom. The monoisotopic (exact) mass is 453 g/mol. The van der Waals surface area contributed by atoms with E-state index in [1.165, 1.54) is 18.8 Å². The molecular weight excluding hydrogens is 418 g/mol. The molecule has 1 saturated carbocycles. The molecule has 1 aromatic carbocycles. The van der Waals surface area contributed by atoms with Crippen LogP contribution in [0.3, 0.4) is 0 Å². The third-order valence-electron chi connectivity index (χ3n) is 7.32. The minimum Gasteiger partial charge on any atom is -0.504 e. The second kappa shape index (κ2) is 9.65. The number of methoxy groups -OCH3 is 1. The van der Waals surface area contributed by atoms with Gasteiger partial charge in [-0.1, -0.05) is 36.8 Å². The van der Waals surface area contributed by atoms with Crippen molar-refractivity contribution < 1.29 is 24.5 Å². The summed E-state index contributed by atoms with van der Waals surface area (Å²) in [5.41, 5.74) is 1.26. The lowest BCUT2D eigenvalue weighted by molar-refractivity contribution is -0.310. The Morgan fingerprint density at radius 1 is 1.30 bits per heavy atom. The summed E-state index contributed by atoms with van der Waals surface area (Å²) < 4.78 is 5.29. The maximum Gasteiger partial charge on any atom is 0.161 e. The molecule has 1 heterocycles. The molecule has 33 heavy (non-hydrogen) atoms. The average molecular weight is 454 g/mol.